The Kier molecular flexibility index (Phi) is 50.0. The second kappa shape index (κ2) is 52.4. The summed E-state index contributed by atoms with van der Waals surface area (Å²) in [7, 11) is 0. The summed E-state index contributed by atoms with van der Waals surface area (Å²) in [6.07, 6.45) is 72.5. The number of aliphatic hydroxyl groups is 1. The third kappa shape index (κ3) is 49.7. The van der Waals surface area contributed by atoms with Gasteiger partial charge in [-0.3, -0.25) is 9.59 Å². The van der Waals surface area contributed by atoms with Crippen LogP contribution < -0.4 is 0 Å². The molecular weight excluding hydrogens is 765 g/mol. The maximum Gasteiger partial charge on any atom is 0.306 e. The van der Waals surface area contributed by atoms with Crippen molar-refractivity contribution in [2.75, 3.05) is 13.2 Å². The van der Waals surface area contributed by atoms with Gasteiger partial charge in [-0.1, -0.05) is 227 Å². The van der Waals surface area contributed by atoms with E-state index in [9.17, 15) is 14.7 Å². The van der Waals surface area contributed by atoms with Gasteiger partial charge in [0.25, 0.3) is 0 Å². The van der Waals surface area contributed by atoms with E-state index in [1.807, 2.05) is 0 Å². The fourth-order valence-electron chi connectivity index (χ4n) is 7.26. The van der Waals surface area contributed by atoms with E-state index in [2.05, 4.69) is 98.9 Å². The third-order valence-electron chi connectivity index (χ3n) is 11.2. The Balaban J connectivity index is 3.53. The third-order valence-corrected chi connectivity index (χ3v) is 11.2. The van der Waals surface area contributed by atoms with Gasteiger partial charge in [0.2, 0.25) is 0 Å². The number of rotatable bonds is 47. The van der Waals surface area contributed by atoms with Crippen molar-refractivity contribution in [3.63, 3.8) is 0 Å². The molecule has 0 aliphatic rings. The number of carbonyl (C=O) groups excluding carboxylic acids is 2. The zero-order valence-corrected chi connectivity index (χ0v) is 40.6. The van der Waals surface area contributed by atoms with E-state index < -0.39 is 6.10 Å². The molecular formula is C57H98O5. The molecule has 0 rings (SSSR count). The first-order chi connectivity index (χ1) is 30.6. The Labute approximate surface area is 384 Å². The molecule has 0 aromatic heterocycles. The van der Waals surface area contributed by atoms with Crippen LogP contribution in [0.3, 0.4) is 0 Å². The minimum atomic E-state index is -0.787. The highest BCUT2D eigenvalue weighted by atomic mass is 16.6. The number of hydrogen-bond donors (Lipinski definition) is 1. The molecule has 356 valence electrons. The highest BCUT2D eigenvalue weighted by molar-refractivity contribution is 5.70. The van der Waals surface area contributed by atoms with Gasteiger partial charge >= 0.3 is 11.9 Å². The molecule has 0 aliphatic heterocycles. The van der Waals surface area contributed by atoms with Gasteiger partial charge in [-0.05, 0) is 89.9 Å². The van der Waals surface area contributed by atoms with Crippen LogP contribution in [0.5, 0.6) is 0 Å². The lowest BCUT2D eigenvalue weighted by atomic mass is 10.0. The normalized spacial score (nSPS) is 12.9. The van der Waals surface area contributed by atoms with Crippen molar-refractivity contribution in [3.8, 4) is 0 Å². The topological polar surface area (TPSA) is 72.8 Å². The zero-order valence-electron chi connectivity index (χ0n) is 40.6. The van der Waals surface area contributed by atoms with Crippen LogP contribution in [-0.2, 0) is 19.1 Å². The second-order valence-electron chi connectivity index (χ2n) is 17.2. The van der Waals surface area contributed by atoms with E-state index >= 15 is 0 Å². The quantitative estimate of drug-likeness (QED) is 0.0375. The largest absolute Gasteiger partial charge is 0.462 e. The molecule has 0 saturated carbocycles. The maximum atomic E-state index is 12.3. The minimum Gasteiger partial charge on any atom is -0.462 e. The number of hydrogen-bond acceptors (Lipinski definition) is 5. The fourth-order valence-corrected chi connectivity index (χ4v) is 7.26. The van der Waals surface area contributed by atoms with Crippen LogP contribution in [0.2, 0.25) is 0 Å². The van der Waals surface area contributed by atoms with Crippen LogP contribution in [0, 0.1) is 0 Å². The molecule has 0 heterocycles. The Bertz CT molecular complexity index is 1160. The van der Waals surface area contributed by atoms with Crippen LogP contribution in [-0.4, -0.2) is 36.4 Å². The van der Waals surface area contributed by atoms with E-state index in [0.717, 1.165) is 96.3 Å². The summed E-state index contributed by atoms with van der Waals surface area (Å²) >= 11 is 0. The molecule has 0 aromatic carbocycles. The molecule has 1 N–H and O–H groups in total. The van der Waals surface area contributed by atoms with E-state index in [4.69, 9.17) is 9.47 Å². The molecule has 0 saturated heterocycles. The molecule has 0 spiro atoms. The second-order valence-corrected chi connectivity index (χ2v) is 17.2. The van der Waals surface area contributed by atoms with Crippen molar-refractivity contribution in [1.82, 2.24) is 0 Å². The Morgan fingerprint density at radius 1 is 0.387 bits per heavy atom. The van der Waals surface area contributed by atoms with E-state index in [0.29, 0.717) is 12.8 Å². The van der Waals surface area contributed by atoms with Crippen molar-refractivity contribution < 1.29 is 24.2 Å². The highest BCUT2D eigenvalue weighted by Crippen LogP contribution is 2.15. The zero-order chi connectivity index (χ0) is 44.9. The molecule has 0 radical (unpaired) electrons. The van der Waals surface area contributed by atoms with Gasteiger partial charge in [0, 0.05) is 12.8 Å². The molecule has 0 aliphatic carbocycles. The van der Waals surface area contributed by atoms with E-state index in [1.165, 1.54) is 122 Å². The monoisotopic (exact) mass is 863 g/mol. The first kappa shape index (κ1) is 59.1. The molecule has 5 heteroatoms. The first-order valence-electron chi connectivity index (χ1n) is 26.1. The Hall–Kier alpha value is -2.92. The average Bonchev–Trinajstić information content (AvgIpc) is 3.28. The van der Waals surface area contributed by atoms with Crippen molar-refractivity contribution >= 4 is 11.9 Å². The summed E-state index contributed by atoms with van der Waals surface area (Å²) in [6, 6.07) is 0. The van der Waals surface area contributed by atoms with Gasteiger partial charge in [0.15, 0.2) is 6.10 Å². The summed E-state index contributed by atoms with van der Waals surface area (Å²) < 4.78 is 10.7. The van der Waals surface area contributed by atoms with Crippen LogP contribution in [0.4, 0.5) is 0 Å². The van der Waals surface area contributed by atoms with Gasteiger partial charge in [-0.2, -0.15) is 0 Å². The van der Waals surface area contributed by atoms with Crippen LogP contribution in [0.25, 0.3) is 0 Å². The lowest BCUT2D eigenvalue weighted by Crippen LogP contribution is -2.28. The minimum absolute atomic E-state index is 0.0769. The number of unbranched alkanes of at least 4 members (excludes halogenated alkanes) is 25. The molecule has 1 atom stereocenters. The van der Waals surface area contributed by atoms with Gasteiger partial charge in [-0.25, -0.2) is 0 Å². The fraction of sp³-hybridized carbons (Fsp3) is 0.719. The van der Waals surface area contributed by atoms with Gasteiger partial charge in [0.1, 0.15) is 6.61 Å². The van der Waals surface area contributed by atoms with Crippen molar-refractivity contribution in [2.24, 2.45) is 0 Å². The highest BCUT2D eigenvalue weighted by Gasteiger charge is 2.16. The SMILES string of the molecule is CC/C=C\C/C=C\C/C=C\C/C=C\C/C=C\CCCCCCCC(=O)OC(CO)COC(=O)CCCCCCCCCCCCCCCCC/C=C\C/C=C\CCCCCCC. The smallest absolute Gasteiger partial charge is 0.306 e. The summed E-state index contributed by atoms with van der Waals surface area (Å²) in [6.45, 7) is 4.01. The maximum absolute atomic E-state index is 12.3. The lowest BCUT2D eigenvalue weighted by Gasteiger charge is -2.15. The summed E-state index contributed by atoms with van der Waals surface area (Å²) in [5.41, 5.74) is 0. The molecule has 0 bridgehead atoms. The number of ether oxygens (including phenoxy) is 2. The molecule has 0 amide bonds. The van der Waals surface area contributed by atoms with E-state index in [1.54, 1.807) is 0 Å². The summed E-state index contributed by atoms with van der Waals surface area (Å²) in [5.74, 6) is -0.611. The van der Waals surface area contributed by atoms with Crippen LogP contribution >= 0.6 is 0 Å². The standard InChI is InChI=1S/C57H98O5/c1-3-5-7-9-11-13-15-17-19-21-23-25-26-27-28-29-30-32-33-35-37-39-41-43-45-47-49-51-56(59)61-54-55(53-58)62-57(60)52-50-48-46-44-42-40-38-36-34-31-24-22-20-18-16-14-12-10-8-6-4-2/h6,8,12,14-15,17-18,20-21,23-24,31,36,38,55,58H,3-5,7,9-11,13,16,19,22,25-30,32-35,37,39-54H2,1-2H3/b8-6-,14-12-,17-15-,20-18-,23-21-,31-24-,38-36-. The summed E-state index contributed by atoms with van der Waals surface area (Å²) in [5, 5.41) is 9.63. The molecule has 0 fully saturated rings. The Morgan fingerprint density at radius 2 is 0.694 bits per heavy atom. The van der Waals surface area contributed by atoms with Gasteiger partial charge in [0.05, 0.1) is 6.61 Å². The predicted octanol–water partition coefficient (Wildman–Crippen LogP) is 17.4. The number of carbonyl (C=O) groups is 2. The molecule has 1 unspecified atom stereocenters. The van der Waals surface area contributed by atoms with Crippen molar-refractivity contribution in [3.05, 3.63) is 85.1 Å². The average molecular weight is 863 g/mol. The Morgan fingerprint density at radius 3 is 1.05 bits per heavy atom. The van der Waals surface area contributed by atoms with Crippen LogP contribution in [0.15, 0.2) is 85.1 Å². The van der Waals surface area contributed by atoms with Gasteiger partial charge < -0.3 is 14.6 Å². The first-order valence-corrected chi connectivity index (χ1v) is 26.1. The number of aliphatic hydroxyl groups excluding tert-OH is 1. The number of allylic oxidation sites excluding steroid dienone is 14. The van der Waals surface area contributed by atoms with Gasteiger partial charge in [-0.15, -0.1) is 0 Å². The molecule has 5 nitrogen and oxygen atoms in total. The lowest BCUT2D eigenvalue weighted by molar-refractivity contribution is -0.161. The van der Waals surface area contributed by atoms with E-state index in [-0.39, 0.29) is 25.2 Å². The number of esters is 2. The molecule has 0 aromatic rings. The predicted molar refractivity (Wildman–Crippen MR) is 269 cm³/mol. The van der Waals surface area contributed by atoms with Crippen molar-refractivity contribution in [1.29, 1.82) is 0 Å². The summed E-state index contributed by atoms with van der Waals surface area (Å²) in [4.78, 5) is 24.5. The van der Waals surface area contributed by atoms with Crippen molar-refractivity contribution in [2.45, 2.75) is 251 Å². The van der Waals surface area contributed by atoms with Crippen LogP contribution in [0.1, 0.15) is 245 Å². The molecule has 62 heavy (non-hydrogen) atoms.